The van der Waals surface area contributed by atoms with Gasteiger partial charge in [0.25, 0.3) is 5.91 Å². The highest BCUT2D eigenvalue weighted by Crippen LogP contribution is 2.30. The van der Waals surface area contributed by atoms with E-state index in [-0.39, 0.29) is 10.8 Å². The summed E-state index contributed by atoms with van der Waals surface area (Å²) in [5, 5.41) is 3.09. The molecular formula is C18H19N3O5S2. The van der Waals surface area contributed by atoms with E-state index >= 15 is 0 Å². The van der Waals surface area contributed by atoms with Crippen LogP contribution in [0, 0.1) is 0 Å². The molecule has 3 rings (SSSR count). The van der Waals surface area contributed by atoms with Gasteiger partial charge in [0.05, 0.1) is 29.3 Å². The number of nitrogens with zero attached hydrogens (tertiary/aromatic N) is 2. The minimum absolute atomic E-state index is 0.170. The van der Waals surface area contributed by atoms with Crippen molar-refractivity contribution in [1.82, 2.24) is 9.29 Å². The SMILES string of the molecule is COc1cc(OC)cc(C(=O)Nc2nc3ccc(S(=O)(=O)N(C)C)cc3s2)c1. The van der Waals surface area contributed by atoms with Crippen LogP contribution in [-0.4, -0.2) is 51.9 Å². The zero-order valence-electron chi connectivity index (χ0n) is 15.7. The first kappa shape index (κ1) is 20.1. The van der Waals surface area contributed by atoms with Crippen molar-refractivity contribution in [3.8, 4) is 11.5 Å². The second kappa shape index (κ2) is 7.74. The molecule has 0 unspecified atom stereocenters. The van der Waals surface area contributed by atoms with Crippen molar-refractivity contribution < 1.29 is 22.7 Å². The summed E-state index contributed by atoms with van der Waals surface area (Å²) in [5.41, 5.74) is 0.951. The van der Waals surface area contributed by atoms with Crippen molar-refractivity contribution in [2.75, 3.05) is 33.6 Å². The molecule has 0 spiro atoms. The minimum Gasteiger partial charge on any atom is -0.497 e. The Morgan fingerprint density at radius 1 is 1.07 bits per heavy atom. The number of hydrogen-bond donors (Lipinski definition) is 1. The van der Waals surface area contributed by atoms with Crippen LogP contribution in [0.3, 0.4) is 0 Å². The van der Waals surface area contributed by atoms with Crippen molar-refractivity contribution >= 4 is 42.6 Å². The Morgan fingerprint density at radius 2 is 1.71 bits per heavy atom. The maximum Gasteiger partial charge on any atom is 0.257 e. The van der Waals surface area contributed by atoms with Gasteiger partial charge in [0.2, 0.25) is 10.0 Å². The molecule has 1 amide bonds. The molecule has 148 valence electrons. The van der Waals surface area contributed by atoms with E-state index in [1.807, 2.05) is 0 Å². The maximum absolute atomic E-state index is 12.6. The summed E-state index contributed by atoms with van der Waals surface area (Å²) in [6.07, 6.45) is 0. The Morgan fingerprint density at radius 3 is 2.29 bits per heavy atom. The number of rotatable bonds is 6. The Hall–Kier alpha value is -2.69. The fourth-order valence-electron chi connectivity index (χ4n) is 2.44. The number of aromatic nitrogens is 1. The molecule has 28 heavy (non-hydrogen) atoms. The molecule has 3 aromatic rings. The highest BCUT2D eigenvalue weighted by Gasteiger charge is 2.19. The quantitative estimate of drug-likeness (QED) is 0.657. The molecule has 0 aliphatic rings. The van der Waals surface area contributed by atoms with Crippen LogP contribution in [0.1, 0.15) is 10.4 Å². The lowest BCUT2D eigenvalue weighted by molar-refractivity contribution is 0.102. The number of methoxy groups -OCH3 is 2. The van der Waals surface area contributed by atoms with Crippen LogP contribution in [0.2, 0.25) is 0 Å². The van der Waals surface area contributed by atoms with Crippen LogP contribution in [-0.2, 0) is 10.0 Å². The number of anilines is 1. The third-order valence-electron chi connectivity index (χ3n) is 3.97. The Bertz CT molecular complexity index is 1120. The number of ether oxygens (including phenoxy) is 2. The van der Waals surface area contributed by atoms with Gasteiger partial charge < -0.3 is 9.47 Å². The number of carbonyl (C=O) groups excluding carboxylic acids is 1. The average molecular weight is 422 g/mol. The molecule has 2 aromatic carbocycles. The summed E-state index contributed by atoms with van der Waals surface area (Å²) in [4.78, 5) is 17.1. The predicted octanol–water partition coefficient (Wildman–Crippen LogP) is 2.82. The predicted molar refractivity (Wildman–Crippen MR) is 108 cm³/mol. The molecule has 0 fully saturated rings. The lowest BCUT2D eigenvalue weighted by Crippen LogP contribution is -2.22. The van der Waals surface area contributed by atoms with Crippen LogP contribution in [0.15, 0.2) is 41.3 Å². The second-order valence-electron chi connectivity index (χ2n) is 5.99. The monoisotopic (exact) mass is 421 g/mol. The van der Waals surface area contributed by atoms with E-state index in [2.05, 4.69) is 10.3 Å². The molecule has 1 aromatic heterocycles. The van der Waals surface area contributed by atoms with Crippen molar-refractivity contribution in [2.24, 2.45) is 0 Å². The number of carbonyl (C=O) groups is 1. The Kier molecular flexibility index (Phi) is 5.54. The first-order chi connectivity index (χ1) is 13.2. The molecule has 0 bridgehead atoms. The summed E-state index contributed by atoms with van der Waals surface area (Å²) in [6, 6.07) is 9.51. The number of hydrogen-bond acceptors (Lipinski definition) is 7. The number of amides is 1. The molecule has 0 saturated carbocycles. The highest BCUT2D eigenvalue weighted by molar-refractivity contribution is 7.89. The van der Waals surface area contributed by atoms with Gasteiger partial charge in [-0.15, -0.1) is 0 Å². The van der Waals surface area contributed by atoms with Crippen molar-refractivity contribution in [3.05, 3.63) is 42.0 Å². The van der Waals surface area contributed by atoms with Crippen molar-refractivity contribution in [3.63, 3.8) is 0 Å². The topological polar surface area (TPSA) is 97.8 Å². The van der Waals surface area contributed by atoms with E-state index in [9.17, 15) is 13.2 Å². The van der Waals surface area contributed by atoms with Gasteiger partial charge in [-0.05, 0) is 30.3 Å². The van der Waals surface area contributed by atoms with Crippen LogP contribution < -0.4 is 14.8 Å². The van der Waals surface area contributed by atoms with Gasteiger partial charge in [0, 0.05) is 25.7 Å². The standard InChI is InChI=1S/C18H19N3O5S2/c1-21(2)28(23,24)14-5-6-15-16(10-14)27-18(19-15)20-17(22)11-7-12(25-3)9-13(8-11)26-4/h5-10H,1-4H3,(H,19,20,22). The molecular weight excluding hydrogens is 402 g/mol. The minimum atomic E-state index is -3.54. The number of thiazole rings is 1. The normalized spacial score (nSPS) is 11.6. The molecule has 0 aliphatic carbocycles. The van der Waals surface area contributed by atoms with Crippen LogP contribution >= 0.6 is 11.3 Å². The van der Waals surface area contributed by atoms with Gasteiger partial charge in [-0.1, -0.05) is 11.3 Å². The third-order valence-corrected chi connectivity index (χ3v) is 6.72. The fourth-order valence-corrected chi connectivity index (χ4v) is 4.34. The zero-order valence-corrected chi connectivity index (χ0v) is 17.3. The lowest BCUT2D eigenvalue weighted by Gasteiger charge is -2.10. The summed E-state index contributed by atoms with van der Waals surface area (Å²) in [7, 11) is 2.41. The van der Waals surface area contributed by atoms with E-state index in [0.717, 1.165) is 4.31 Å². The van der Waals surface area contributed by atoms with Gasteiger partial charge in [-0.3, -0.25) is 10.1 Å². The lowest BCUT2D eigenvalue weighted by atomic mass is 10.2. The average Bonchev–Trinajstić information content (AvgIpc) is 3.08. The van der Waals surface area contributed by atoms with Gasteiger partial charge in [0.15, 0.2) is 5.13 Å². The van der Waals surface area contributed by atoms with Gasteiger partial charge in [-0.2, -0.15) is 0 Å². The first-order valence-corrected chi connectivity index (χ1v) is 10.4. The van der Waals surface area contributed by atoms with E-state index in [1.54, 1.807) is 30.3 Å². The molecule has 0 saturated heterocycles. The smallest absolute Gasteiger partial charge is 0.257 e. The van der Waals surface area contributed by atoms with Crippen molar-refractivity contribution in [1.29, 1.82) is 0 Å². The summed E-state index contributed by atoms with van der Waals surface area (Å²) >= 11 is 1.19. The van der Waals surface area contributed by atoms with Crippen LogP contribution in [0.25, 0.3) is 10.2 Å². The summed E-state index contributed by atoms with van der Waals surface area (Å²) in [6.45, 7) is 0. The van der Waals surface area contributed by atoms with Gasteiger partial charge in [0.1, 0.15) is 11.5 Å². The first-order valence-electron chi connectivity index (χ1n) is 8.12. The molecule has 0 atom stereocenters. The Labute approximate surface area is 166 Å². The number of benzene rings is 2. The summed E-state index contributed by atoms with van der Waals surface area (Å²) < 4.78 is 36.7. The van der Waals surface area contributed by atoms with E-state index in [4.69, 9.17) is 9.47 Å². The molecule has 10 heteroatoms. The van der Waals surface area contributed by atoms with Gasteiger partial charge >= 0.3 is 0 Å². The van der Waals surface area contributed by atoms with Crippen LogP contribution in [0.5, 0.6) is 11.5 Å². The Balaban J connectivity index is 1.90. The highest BCUT2D eigenvalue weighted by atomic mass is 32.2. The van der Waals surface area contributed by atoms with Crippen molar-refractivity contribution in [2.45, 2.75) is 4.90 Å². The van der Waals surface area contributed by atoms with E-state index < -0.39 is 10.0 Å². The maximum atomic E-state index is 12.6. The van der Waals surface area contributed by atoms with Crippen LogP contribution in [0.4, 0.5) is 5.13 Å². The summed E-state index contributed by atoms with van der Waals surface area (Å²) in [5.74, 6) is 0.608. The number of sulfonamides is 1. The number of fused-ring (bicyclic) bond motifs is 1. The molecule has 8 nitrogen and oxygen atoms in total. The number of nitrogens with one attached hydrogen (secondary N) is 1. The largest absolute Gasteiger partial charge is 0.497 e. The molecule has 0 radical (unpaired) electrons. The van der Waals surface area contributed by atoms with Gasteiger partial charge in [-0.25, -0.2) is 17.7 Å². The van der Waals surface area contributed by atoms with E-state index in [0.29, 0.717) is 32.4 Å². The molecule has 0 aliphatic heterocycles. The fraction of sp³-hybridized carbons (Fsp3) is 0.222. The second-order valence-corrected chi connectivity index (χ2v) is 9.17. The van der Waals surface area contributed by atoms with E-state index in [1.165, 1.54) is 45.7 Å². The molecule has 1 heterocycles. The zero-order chi connectivity index (χ0) is 20.5. The third kappa shape index (κ3) is 3.93. The molecule has 1 N–H and O–H groups in total.